The number of hydrogen-bond acceptors (Lipinski definition) is 4. The van der Waals surface area contributed by atoms with Crippen LogP contribution in [0.1, 0.15) is 43.5 Å². The molecule has 0 saturated carbocycles. The normalized spacial score (nSPS) is 15.7. The number of ether oxygens (including phenoxy) is 1. The number of carbonyl (C=O) groups excluding carboxylic acids is 3. The first-order valence-electron chi connectivity index (χ1n) is 8.50. The highest BCUT2D eigenvalue weighted by Crippen LogP contribution is 2.26. The lowest BCUT2D eigenvalue weighted by molar-refractivity contribution is -0.139. The number of benzene rings is 1. The topological polar surface area (TPSA) is 89.7 Å². The first-order chi connectivity index (χ1) is 11.7. The number of nitrogens with zero attached hydrogens (tertiary/aromatic N) is 1. The van der Waals surface area contributed by atoms with Gasteiger partial charge in [-0.05, 0) is 37.1 Å². The van der Waals surface area contributed by atoms with Crippen molar-refractivity contribution in [3.63, 3.8) is 0 Å². The van der Waals surface area contributed by atoms with Crippen LogP contribution in [-0.2, 0) is 9.59 Å². The van der Waals surface area contributed by atoms with Crippen LogP contribution in [0.3, 0.4) is 0 Å². The van der Waals surface area contributed by atoms with Gasteiger partial charge in [0.15, 0.2) is 5.78 Å². The first-order valence-corrected chi connectivity index (χ1v) is 8.50. The molecule has 1 aliphatic heterocycles. The first kappa shape index (κ1) is 19.0. The second kappa shape index (κ2) is 7.68. The number of rotatable bonds is 6. The molecule has 0 atom stereocenters. The van der Waals surface area contributed by atoms with Crippen molar-refractivity contribution in [3.05, 3.63) is 29.8 Å². The number of Topliss-reactive ketones (excluding diaryl/α,β-unsaturated/α-hetero) is 1. The quantitative estimate of drug-likeness (QED) is 0.798. The van der Waals surface area contributed by atoms with Crippen molar-refractivity contribution in [2.45, 2.75) is 33.1 Å². The van der Waals surface area contributed by atoms with E-state index in [1.807, 2.05) is 0 Å². The van der Waals surface area contributed by atoms with E-state index in [0.29, 0.717) is 37.2 Å². The maximum absolute atomic E-state index is 12.6. The van der Waals surface area contributed by atoms with Gasteiger partial charge in [0.25, 0.3) is 0 Å². The third kappa shape index (κ3) is 4.59. The molecule has 1 aliphatic rings. The van der Waals surface area contributed by atoms with Gasteiger partial charge in [-0.15, -0.1) is 0 Å². The fourth-order valence-corrected chi connectivity index (χ4v) is 2.96. The van der Waals surface area contributed by atoms with Gasteiger partial charge < -0.3 is 15.4 Å². The fourth-order valence-electron chi connectivity index (χ4n) is 2.96. The van der Waals surface area contributed by atoms with Gasteiger partial charge >= 0.3 is 0 Å². The third-order valence-corrected chi connectivity index (χ3v) is 4.85. The Balaban J connectivity index is 1.91. The summed E-state index contributed by atoms with van der Waals surface area (Å²) in [5.41, 5.74) is 5.14. The number of amides is 2. The summed E-state index contributed by atoms with van der Waals surface area (Å²) >= 11 is 0. The molecule has 1 aromatic rings. The minimum absolute atomic E-state index is 0.0819. The zero-order chi connectivity index (χ0) is 18.6. The molecule has 1 aromatic carbocycles. The Bertz CT molecular complexity index is 644. The molecule has 2 N–H and O–H groups in total. The smallest absolute Gasteiger partial charge is 0.223 e. The second-order valence-electron chi connectivity index (χ2n) is 7.17. The van der Waals surface area contributed by atoms with Gasteiger partial charge in [0.2, 0.25) is 11.8 Å². The molecule has 6 nitrogen and oxygen atoms in total. The van der Waals surface area contributed by atoms with E-state index in [2.05, 4.69) is 0 Å². The van der Waals surface area contributed by atoms with Crippen molar-refractivity contribution in [2.24, 2.45) is 17.1 Å². The Morgan fingerprint density at radius 1 is 1.16 bits per heavy atom. The van der Waals surface area contributed by atoms with Crippen LogP contribution in [0.2, 0.25) is 0 Å². The Morgan fingerprint density at radius 2 is 1.72 bits per heavy atom. The summed E-state index contributed by atoms with van der Waals surface area (Å²) in [6, 6.07) is 7.09. The molecule has 0 spiro atoms. The van der Waals surface area contributed by atoms with E-state index in [1.165, 1.54) is 0 Å². The van der Waals surface area contributed by atoms with Crippen LogP contribution in [0.5, 0.6) is 5.75 Å². The largest absolute Gasteiger partial charge is 0.497 e. The van der Waals surface area contributed by atoms with Crippen molar-refractivity contribution in [1.82, 2.24) is 4.90 Å². The minimum Gasteiger partial charge on any atom is -0.497 e. The molecular weight excluding hydrogens is 320 g/mol. The number of ketones is 1. The molecule has 1 heterocycles. The molecule has 0 aliphatic carbocycles. The molecule has 1 fully saturated rings. The van der Waals surface area contributed by atoms with Gasteiger partial charge in [-0.2, -0.15) is 0 Å². The lowest BCUT2D eigenvalue weighted by Crippen LogP contribution is -2.43. The van der Waals surface area contributed by atoms with Crippen LogP contribution >= 0.6 is 0 Å². The number of hydrogen-bond donors (Lipinski definition) is 1. The summed E-state index contributed by atoms with van der Waals surface area (Å²) in [5.74, 6) is 0.174. The van der Waals surface area contributed by atoms with Gasteiger partial charge in [-0.1, -0.05) is 13.8 Å². The van der Waals surface area contributed by atoms with E-state index in [4.69, 9.17) is 10.5 Å². The van der Waals surface area contributed by atoms with Crippen molar-refractivity contribution >= 4 is 17.6 Å². The molecule has 0 radical (unpaired) electrons. The summed E-state index contributed by atoms with van der Waals surface area (Å²) < 4.78 is 5.10. The molecule has 0 unspecified atom stereocenters. The zero-order valence-corrected chi connectivity index (χ0v) is 15.1. The molecule has 0 aromatic heterocycles. The lowest BCUT2D eigenvalue weighted by atomic mass is 9.86. The molecule has 25 heavy (non-hydrogen) atoms. The average Bonchev–Trinajstić information content (AvgIpc) is 2.61. The van der Waals surface area contributed by atoms with Crippen molar-refractivity contribution in [1.29, 1.82) is 0 Å². The molecular formula is C19H26N2O4. The number of likely N-dealkylation sites (tertiary alicyclic amines) is 1. The Hall–Kier alpha value is -2.37. The monoisotopic (exact) mass is 346 g/mol. The number of piperidine rings is 1. The van der Waals surface area contributed by atoms with Crippen LogP contribution in [0.25, 0.3) is 0 Å². The zero-order valence-electron chi connectivity index (χ0n) is 15.1. The van der Waals surface area contributed by atoms with Gasteiger partial charge in [-0.25, -0.2) is 0 Å². The third-order valence-electron chi connectivity index (χ3n) is 4.85. The Morgan fingerprint density at radius 3 is 2.20 bits per heavy atom. The van der Waals surface area contributed by atoms with Crippen LogP contribution in [0.4, 0.5) is 0 Å². The maximum atomic E-state index is 12.6. The molecule has 0 bridgehead atoms. The SMILES string of the molecule is COc1ccc(C(=O)C2CCN(C(=O)CC(C)(C)C(N)=O)CC2)cc1. The van der Waals surface area contributed by atoms with Crippen molar-refractivity contribution in [3.8, 4) is 5.75 Å². The molecule has 2 amide bonds. The van der Waals surface area contributed by atoms with E-state index in [1.54, 1.807) is 50.1 Å². The number of nitrogens with two attached hydrogens (primary N) is 1. The predicted octanol–water partition coefficient (Wildman–Crippen LogP) is 2.02. The summed E-state index contributed by atoms with van der Waals surface area (Å²) in [7, 11) is 1.59. The summed E-state index contributed by atoms with van der Waals surface area (Å²) in [4.78, 5) is 38.0. The van der Waals surface area contributed by atoms with E-state index in [-0.39, 0.29) is 24.0 Å². The average molecular weight is 346 g/mol. The Labute approximate surface area is 148 Å². The van der Waals surface area contributed by atoms with Crippen molar-refractivity contribution < 1.29 is 19.1 Å². The van der Waals surface area contributed by atoms with E-state index >= 15 is 0 Å². The van der Waals surface area contributed by atoms with Crippen LogP contribution in [0.15, 0.2) is 24.3 Å². The highest BCUT2D eigenvalue weighted by molar-refractivity contribution is 5.98. The summed E-state index contributed by atoms with van der Waals surface area (Å²) in [6.07, 6.45) is 1.36. The highest BCUT2D eigenvalue weighted by Gasteiger charge is 2.33. The Kier molecular flexibility index (Phi) is 5.82. The molecule has 136 valence electrons. The molecule has 2 rings (SSSR count). The number of carbonyl (C=O) groups is 3. The fraction of sp³-hybridized carbons (Fsp3) is 0.526. The minimum atomic E-state index is -0.854. The van der Waals surface area contributed by atoms with Gasteiger partial charge in [-0.3, -0.25) is 14.4 Å². The molecule has 6 heteroatoms. The van der Waals surface area contributed by atoms with Crippen LogP contribution in [0, 0.1) is 11.3 Å². The van der Waals surface area contributed by atoms with E-state index in [9.17, 15) is 14.4 Å². The number of primary amides is 1. The van der Waals surface area contributed by atoms with E-state index < -0.39 is 11.3 Å². The van der Waals surface area contributed by atoms with Gasteiger partial charge in [0.05, 0.1) is 12.5 Å². The standard InChI is InChI=1S/C19H26N2O4/c1-19(2,18(20)24)12-16(22)21-10-8-14(9-11-21)17(23)13-4-6-15(25-3)7-5-13/h4-7,14H,8-12H2,1-3H3,(H2,20,24). The van der Waals surface area contributed by atoms with Gasteiger partial charge in [0, 0.05) is 31.0 Å². The van der Waals surface area contributed by atoms with Crippen LogP contribution in [-0.4, -0.2) is 42.7 Å². The predicted molar refractivity (Wildman–Crippen MR) is 94.2 cm³/mol. The highest BCUT2D eigenvalue weighted by atomic mass is 16.5. The van der Waals surface area contributed by atoms with Gasteiger partial charge in [0.1, 0.15) is 5.75 Å². The lowest BCUT2D eigenvalue weighted by Gasteiger charge is -2.33. The second-order valence-corrected chi connectivity index (χ2v) is 7.17. The van der Waals surface area contributed by atoms with E-state index in [0.717, 1.165) is 0 Å². The van der Waals surface area contributed by atoms with Crippen molar-refractivity contribution in [2.75, 3.05) is 20.2 Å². The number of methoxy groups -OCH3 is 1. The summed E-state index contributed by atoms with van der Waals surface area (Å²) in [5, 5.41) is 0. The summed E-state index contributed by atoms with van der Waals surface area (Å²) in [6.45, 7) is 4.40. The molecule has 1 saturated heterocycles. The maximum Gasteiger partial charge on any atom is 0.223 e. The van der Waals surface area contributed by atoms with Crippen LogP contribution < -0.4 is 10.5 Å².